The molecule has 0 saturated carbocycles. The molecular weight excluding hydrogens is 272 g/mol. The number of hydrogen-bond acceptors (Lipinski definition) is 4. The van der Waals surface area contributed by atoms with Crippen molar-refractivity contribution in [2.75, 3.05) is 13.2 Å². The Bertz CT molecular complexity index is 433. The van der Waals surface area contributed by atoms with E-state index in [0.717, 1.165) is 5.56 Å². The number of hydrogen-bond donors (Lipinski definition) is 1. The van der Waals surface area contributed by atoms with Crippen LogP contribution in [0.3, 0.4) is 0 Å². The predicted molar refractivity (Wildman–Crippen MR) is 81.6 cm³/mol. The van der Waals surface area contributed by atoms with Gasteiger partial charge in [0.25, 0.3) is 0 Å². The van der Waals surface area contributed by atoms with E-state index in [2.05, 4.69) is 36.0 Å². The molecule has 0 aliphatic carbocycles. The molecule has 1 saturated heterocycles. The highest BCUT2D eigenvalue weighted by molar-refractivity contribution is 7.07. The van der Waals surface area contributed by atoms with Crippen LogP contribution >= 0.6 is 11.3 Å². The number of rotatable bonds is 6. The third-order valence-corrected chi connectivity index (χ3v) is 4.49. The van der Waals surface area contributed by atoms with E-state index in [4.69, 9.17) is 4.74 Å². The summed E-state index contributed by atoms with van der Waals surface area (Å²) >= 11 is 1.66. The van der Waals surface area contributed by atoms with Gasteiger partial charge in [-0.1, -0.05) is 13.8 Å². The lowest BCUT2D eigenvalue weighted by Crippen LogP contribution is -2.45. The van der Waals surface area contributed by atoms with Crippen molar-refractivity contribution in [2.24, 2.45) is 5.92 Å². The Morgan fingerprint density at radius 3 is 2.80 bits per heavy atom. The lowest BCUT2D eigenvalue weighted by Gasteiger charge is -2.35. The van der Waals surface area contributed by atoms with Crippen molar-refractivity contribution < 1.29 is 9.53 Å². The summed E-state index contributed by atoms with van der Waals surface area (Å²) in [6.07, 6.45) is -0.0309. The normalized spacial score (nSPS) is 24.6. The first-order chi connectivity index (χ1) is 9.56. The minimum Gasteiger partial charge on any atom is -0.380 e. The van der Waals surface area contributed by atoms with Crippen LogP contribution in [0.2, 0.25) is 0 Å². The van der Waals surface area contributed by atoms with Crippen molar-refractivity contribution in [3.8, 4) is 0 Å². The van der Waals surface area contributed by atoms with Crippen LogP contribution < -0.4 is 5.32 Å². The molecule has 0 aromatic carbocycles. The highest BCUT2D eigenvalue weighted by Gasteiger charge is 2.42. The predicted octanol–water partition coefficient (Wildman–Crippen LogP) is 2.63. The summed E-state index contributed by atoms with van der Waals surface area (Å²) < 4.78 is 5.60. The van der Waals surface area contributed by atoms with Crippen LogP contribution in [0, 0.1) is 5.92 Å². The van der Waals surface area contributed by atoms with Gasteiger partial charge in [0.15, 0.2) is 0 Å². The minimum atomic E-state index is -0.136. The van der Waals surface area contributed by atoms with Crippen LogP contribution in [-0.2, 0) is 9.53 Å². The van der Waals surface area contributed by atoms with E-state index in [1.807, 2.05) is 18.7 Å². The summed E-state index contributed by atoms with van der Waals surface area (Å²) in [5.74, 6) is 0.526. The molecule has 1 aliphatic heterocycles. The third-order valence-electron chi connectivity index (χ3n) is 3.79. The quantitative estimate of drug-likeness (QED) is 0.877. The van der Waals surface area contributed by atoms with Crippen molar-refractivity contribution in [2.45, 2.75) is 45.9 Å². The van der Waals surface area contributed by atoms with E-state index in [9.17, 15) is 4.79 Å². The van der Waals surface area contributed by atoms with Gasteiger partial charge in [-0.3, -0.25) is 10.1 Å². The molecule has 2 rings (SSSR count). The van der Waals surface area contributed by atoms with Crippen LogP contribution in [0.5, 0.6) is 0 Å². The maximum atomic E-state index is 12.5. The van der Waals surface area contributed by atoms with Gasteiger partial charge in [-0.15, -0.1) is 0 Å². The van der Waals surface area contributed by atoms with Gasteiger partial charge in [0.2, 0.25) is 5.91 Å². The Labute approximate surface area is 125 Å². The highest BCUT2D eigenvalue weighted by atomic mass is 32.1. The molecule has 0 bridgehead atoms. The van der Waals surface area contributed by atoms with Gasteiger partial charge in [-0.05, 0) is 42.2 Å². The van der Waals surface area contributed by atoms with Gasteiger partial charge >= 0.3 is 0 Å². The van der Waals surface area contributed by atoms with E-state index in [0.29, 0.717) is 19.1 Å². The zero-order valence-electron chi connectivity index (χ0n) is 12.6. The summed E-state index contributed by atoms with van der Waals surface area (Å²) in [4.78, 5) is 14.5. The Morgan fingerprint density at radius 2 is 2.25 bits per heavy atom. The molecule has 3 unspecified atom stereocenters. The minimum absolute atomic E-state index is 0.0309. The second-order valence-corrected chi connectivity index (χ2v) is 6.34. The SMILES string of the molecule is CCOCC(C(C)C)N1C(=O)C(C)NC1c1ccsc1. The molecule has 1 aliphatic rings. The van der Waals surface area contributed by atoms with Crippen molar-refractivity contribution in [1.29, 1.82) is 0 Å². The molecule has 1 amide bonds. The average molecular weight is 296 g/mol. The number of nitrogens with one attached hydrogen (secondary N) is 1. The topological polar surface area (TPSA) is 41.6 Å². The first-order valence-electron chi connectivity index (χ1n) is 7.24. The molecular formula is C15H24N2O2S. The van der Waals surface area contributed by atoms with Crippen LogP contribution in [0.4, 0.5) is 0 Å². The zero-order chi connectivity index (χ0) is 14.7. The lowest BCUT2D eigenvalue weighted by molar-refractivity contribution is -0.134. The van der Waals surface area contributed by atoms with Crippen LogP contribution in [0.25, 0.3) is 0 Å². The fraction of sp³-hybridized carbons (Fsp3) is 0.667. The monoisotopic (exact) mass is 296 g/mol. The maximum Gasteiger partial charge on any atom is 0.241 e. The van der Waals surface area contributed by atoms with E-state index in [-0.39, 0.29) is 24.2 Å². The molecule has 1 aromatic rings. The Kier molecular flexibility index (Phi) is 5.18. The van der Waals surface area contributed by atoms with Gasteiger partial charge in [-0.25, -0.2) is 0 Å². The molecule has 1 aromatic heterocycles. The summed E-state index contributed by atoms with van der Waals surface area (Å²) in [5.41, 5.74) is 1.16. The molecule has 20 heavy (non-hydrogen) atoms. The molecule has 5 heteroatoms. The van der Waals surface area contributed by atoms with Gasteiger partial charge in [0.1, 0.15) is 6.17 Å². The van der Waals surface area contributed by atoms with E-state index < -0.39 is 0 Å². The number of nitrogens with zero attached hydrogens (tertiary/aromatic N) is 1. The Morgan fingerprint density at radius 1 is 1.50 bits per heavy atom. The van der Waals surface area contributed by atoms with Crippen molar-refractivity contribution >= 4 is 17.2 Å². The first-order valence-corrected chi connectivity index (χ1v) is 8.18. The van der Waals surface area contributed by atoms with Crippen LogP contribution in [-0.4, -0.2) is 36.1 Å². The van der Waals surface area contributed by atoms with E-state index in [1.165, 1.54) is 0 Å². The second kappa shape index (κ2) is 6.70. The molecule has 1 fully saturated rings. The van der Waals surface area contributed by atoms with E-state index >= 15 is 0 Å². The molecule has 4 nitrogen and oxygen atoms in total. The van der Waals surface area contributed by atoms with Gasteiger partial charge in [0.05, 0.1) is 18.7 Å². The number of amides is 1. The smallest absolute Gasteiger partial charge is 0.241 e. The number of carbonyl (C=O) groups excluding carboxylic acids is 1. The molecule has 1 N–H and O–H groups in total. The lowest BCUT2D eigenvalue weighted by atomic mass is 10.0. The summed E-state index contributed by atoms with van der Waals surface area (Å²) in [7, 11) is 0. The van der Waals surface area contributed by atoms with Gasteiger partial charge in [-0.2, -0.15) is 11.3 Å². The fourth-order valence-corrected chi connectivity index (χ4v) is 3.29. The third kappa shape index (κ3) is 3.05. The number of carbonyl (C=O) groups is 1. The Hall–Kier alpha value is -0.910. The standard InChI is InChI=1S/C15H24N2O2S/c1-5-19-8-13(10(2)3)17-14(12-6-7-20-9-12)16-11(4)15(17)18/h6-7,9-11,13-14,16H,5,8H2,1-4H3. The molecule has 112 valence electrons. The van der Waals surface area contributed by atoms with Crippen molar-refractivity contribution in [1.82, 2.24) is 10.2 Å². The van der Waals surface area contributed by atoms with Crippen molar-refractivity contribution in [3.63, 3.8) is 0 Å². The van der Waals surface area contributed by atoms with Gasteiger partial charge < -0.3 is 9.64 Å². The van der Waals surface area contributed by atoms with Crippen molar-refractivity contribution in [3.05, 3.63) is 22.4 Å². The zero-order valence-corrected chi connectivity index (χ0v) is 13.4. The number of ether oxygens (including phenoxy) is 1. The largest absolute Gasteiger partial charge is 0.380 e. The molecule has 2 heterocycles. The van der Waals surface area contributed by atoms with Gasteiger partial charge in [0, 0.05) is 6.61 Å². The molecule has 3 atom stereocenters. The summed E-state index contributed by atoms with van der Waals surface area (Å²) in [6.45, 7) is 9.47. The Balaban J connectivity index is 2.25. The average Bonchev–Trinajstić information content (AvgIpc) is 3.01. The summed E-state index contributed by atoms with van der Waals surface area (Å²) in [6, 6.07) is 2.05. The summed E-state index contributed by atoms with van der Waals surface area (Å²) in [5, 5.41) is 7.55. The van der Waals surface area contributed by atoms with Crippen LogP contribution in [0.1, 0.15) is 39.4 Å². The maximum absolute atomic E-state index is 12.5. The molecule has 0 spiro atoms. The molecule has 0 radical (unpaired) electrons. The number of thiophene rings is 1. The second-order valence-electron chi connectivity index (χ2n) is 5.56. The van der Waals surface area contributed by atoms with E-state index in [1.54, 1.807) is 11.3 Å². The first kappa shape index (κ1) is 15.5. The van der Waals surface area contributed by atoms with Crippen LogP contribution in [0.15, 0.2) is 16.8 Å². The fourth-order valence-electron chi connectivity index (χ4n) is 2.61. The highest BCUT2D eigenvalue weighted by Crippen LogP contribution is 2.31.